The van der Waals surface area contributed by atoms with E-state index < -0.39 is 0 Å². The molecule has 0 saturated carbocycles. The summed E-state index contributed by atoms with van der Waals surface area (Å²) in [4.78, 5) is 26.0. The number of carbonyl (C=O) groups excluding carboxylic acids is 2. The van der Waals surface area contributed by atoms with Crippen molar-refractivity contribution in [2.75, 3.05) is 11.4 Å². The molecule has 1 fully saturated rings. The molecular weight excluding hydrogens is 338 g/mol. The molecule has 3 rings (SSSR count). The molecule has 0 bridgehead atoms. The lowest BCUT2D eigenvalue weighted by Crippen LogP contribution is -2.39. The zero-order chi connectivity index (χ0) is 19.2. The van der Waals surface area contributed by atoms with E-state index in [1.165, 1.54) is 0 Å². The largest absolute Gasteiger partial charge is 0.334 e. The Morgan fingerprint density at radius 1 is 1.07 bits per heavy atom. The number of nitrogens with zero attached hydrogens (tertiary/aromatic N) is 1. The molecule has 0 aliphatic carbocycles. The average molecular weight is 365 g/mol. The molecule has 0 aromatic heterocycles. The standard InChI is InChI=1S/C22H27N3O2/c1-16(2)21(18-7-4-3-5-8-18)24-22(27)23-15-17-10-12-19(13-11-17)25-14-6-9-20(25)26/h3-5,7-8,10-13,16,21H,6,9,14-15H2,1-2H3,(H2,23,24,27). The highest BCUT2D eigenvalue weighted by Crippen LogP contribution is 2.22. The molecule has 1 unspecified atom stereocenters. The van der Waals surface area contributed by atoms with E-state index in [2.05, 4.69) is 24.5 Å². The van der Waals surface area contributed by atoms with Crippen LogP contribution in [0.4, 0.5) is 10.5 Å². The number of benzene rings is 2. The first-order valence-corrected chi connectivity index (χ1v) is 9.53. The molecule has 1 aliphatic heterocycles. The smallest absolute Gasteiger partial charge is 0.315 e. The Kier molecular flexibility index (Phi) is 6.12. The fraction of sp³-hybridized carbons (Fsp3) is 0.364. The van der Waals surface area contributed by atoms with Crippen LogP contribution in [0, 0.1) is 5.92 Å². The summed E-state index contributed by atoms with van der Waals surface area (Å²) in [5.74, 6) is 0.469. The molecule has 142 valence electrons. The Hall–Kier alpha value is -2.82. The van der Waals surface area contributed by atoms with Gasteiger partial charge in [-0.05, 0) is 35.6 Å². The summed E-state index contributed by atoms with van der Waals surface area (Å²) in [5, 5.41) is 5.98. The van der Waals surface area contributed by atoms with Gasteiger partial charge < -0.3 is 15.5 Å². The first-order chi connectivity index (χ1) is 13.0. The van der Waals surface area contributed by atoms with Gasteiger partial charge in [0.1, 0.15) is 0 Å². The van der Waals surface area contributed by atoms with Crippen molar-refractivity contribution < 1.29 is 9.59 Å². The summed E-state index contributed by atoms with van der Waals surface area (Å²) in [6, 6.07) is 17.6. The Balaban J connectivity index is 1.54. The van der Waals surface area contributed by atoms with Gasteiger partial charge >= 0.3 is 6.03 Å². The third kappa shape index (κ3) is 4.88. The summed E-state index contributed by atoms with van der Waals surface area (Å²) in [6.07, 6.45) is 1.54. The number of hydrogen-bond acceptors (Lipinski definition) is 2. The maximum atomic E-state index is 12.3. The van der Waals surface area contributed by atoms with Crippen molar-refractivity contribution in [1.29, 1.82) is 0 Å². The quantitative estimate of drug-likeness (QED) is 0.812. The van der Waals surface area contributed by atoms with E-state index in [0.29, 0.717) is 13.0 Å². The molecule has 1 heterocycles. The molecule has 1 aliphatic rings. The van der Waals surface area contributed by atoms with Gasteiger partial charge in [0.05, 0.1) is 6.04 Å². The molecule has 5 heteroatoms. The lowest BCUT2D eigenvalue weighted by Gasteiger charge is -2.23. The minimum absolute atomic E-state index is 0.0326. The van der Waals surface area contributed by atoms with Crippen molar-refractivity contribution in [3.8, 4) is 0 Å². The average Bonchev–Trinajstić information content (AvgIpc) is 3.11. The predicted octanol–water partition coefficient (Wildman–Crippen LogP) is 4.01. The molecule has 2 N–H and O–H groups in total. The van der Waals surface area contributed by atoms with E-state index in [9.17, 15) is 9.59 Å². The van der Waals surface area contributed by atoms with Crippen molar-refractivity contribution in [2.24, 2.45) is 5.92 Å². The van der Waals surface area contributed by atoms with Gasteiger partial charge in [0.25, 0.3) is 0 Å². The molecule has 2 aromatic rings. The number of amides is 3. The highest BCUT2D eigenvalue weighted by Gasteiger charge is 2.21. The lowest BCUT2D eigenvalue weighted by molar-refractivity contribution is -0.117. The van der Waals surface area contributed by atoms with Crippen molar-refractivity contribution in [3.63, 3.8) is 0 Å². The van der Waals surface area contributed by atoms with E-state index in [1.54, 1.807) is 0 Å². The Bertz CT molecular complexity index is 772. The number of urea groups is 1. The highest BCUT2D eigenvalue weighted by atomic mass is 16.2. The molecular formula is C22H27N3O2. The molecule has 0 radical (unpaired) electrons. The van der Waals surface area contributed by atoms with Crippen LogP contribution in [-0.4, -0.2) is 18.5 Å². The number of hydrogen-bond donors (Lipinski definition) is 2. The number of carbonyl (C=O) groups is 2. The van der Waals surface area contributed by atoms with Gasteiger partial charge in [0.2, 0.25) is 5.91 Å². The molecule has 27 heavy (non-hydrogen) atoms. The zero-order valence-electron chi connectivity index (χ0n) is 15.9. The second kappa shape index (κ2) is 8.71. The summed E-state index contributed by atoms with van der Waals surface area (Å²) in [7, 11) is 0. The minimum atomic E-state index is -0.184. The topological polar surface area (TPSA) is 61.4 Å². The van der Waals surface area contributed by atoms with Gasteiger partial charge in [-0.25, -0.2) is 4.79 Å². The molecule has 0 spiro atoms. The summed E-state index contributed by atoms with van der Waals surface area (Å²) >= 11 is 0. The maximum absolute atomic E-state index is 12.3. The van der Waals surface area contributed by atoms with Gasteiger partial charge in [-0.15, -0.1) is 0 Å². The molecule has 1 atom stereocenters. The minimum Gasteiger partial charge on any atom is -0.334 e. The maximum Gasteiger partial charge on any atom is 0.315 e. The summed E-state index contributed by atoms with van der Waals surface area (Å²) in [6.45, 7) is 5.42. The SMILES string of the molecule is CC(C)C(NC(=O)NCc1ccc(N2CCCC2=O)cc1)c1ccccc1. The van der Waals surface area contributed by atoms with E-state index in [1.807, 2.05) is 59.5 Å². The number of rotatable bonds is 6. The number of anilines is 1. The fourth-order valence-corrected chi connectivity index (χ4v) is 3.38. The van der Waals surface area contributed by atoms with Gasteiger partial charge in [0, 0.05) is 25.2 Å². The third-order valence-corrected chi connectivity index (χ3v) is 4.89. The van der Waals surface area contributed by atoms with Crippen LogP contribution in [0.1, 0.15) is 43.9 Å². The van der Waals surface area contributed by atoms with Crippen molar-refractivity contribution in [2.45, 2.75) is 39.3 Å². The third-order valence-electron chi connectivity index (χ3n) is 4.89. The van der Waals surface area contributed by atoms with Crippen LogP contribution in [-0.2, 0) is 11.3 Å². The first-order valence-electron chi connectivity index (χ1n) is 9.53. The van der Waals surface area contributed by atoms with Gasteiger partial charge in [-0.3, -0.25) is 4.79 Å². The van der Waals surface area contributed by atoms with Crippen molar-refractivity contribution >= 4 is 17.6 Å². The second-order valence-electron chi connectivity index (χ2n) is 7.27. The molecule has 5 nitrogen and oxygen atoms in total. The lowest BCUT2D eigenvalue weighted by atomic mass is 9.96. The monoisotopic (exact) mass is 365 g/mol. The first kappa shape index (κ1) is 19.0. The molecule has 3 amide bonds. The Morgan fingerprint density at radius 2 is 1.78 bits per heavy atom. The van der Waals surface area contributed by atoms with Gasteiger partial charge in [-0.2, -0.15) is 0 Å². The summed E-state index contributed by atoms with van der Waals surface area (Å²) < 4.78 is 0. The van der Waals surface area contributed by atoms with E-state index in [0.717, 1.165) is 29.8 Å². The van der Waals surface area contributed by atoms with Crippen LogP contribution >= 0.6 is 0 Å². The van der Waals surface area contributed by atoms with E-state index in [4.69, 9.17) is 0 Å². The Labute approximate surface area is 160 Å². The zero-order valence-corrected chi connectivity index (χ0v) is 15.9. The predicted molar refractivity (Wildman–Crippen MR) is 107 cm³/mol. The van der Waals surface area contributed by atoms with Crippen molar-refractivity contribution in [3.05, 3.63) is 65.7 Å². The van der Waals surface area contributed by atoms with Crippen LogP contribution in [0.3, 0.4) is 0 Å². The van der Waals surface area contributed by atoms with Gasteiger partial charge in [0.15, 0.2) is 0 Å². The highest BCUT2D eigenvalue weighted by molar-refractivity contribution is 5.95. The number of nitrogens with one attached hydrogen (secondary N) is 2. The van der Waals surface area contributed by atoms with Gasteiger partial charge in [-0.1, -0.05) is 56.3 Å². The summed E-state index contributed by atoms with van der Waals surface area (Å²) in [5.41, 5.74) is 3.03. The van der Waals surface area contributed by atoms with Crippen LogP contribution < -0.4 is 15.5 Å². The van der Waals surface area contributed by atoms with E-state index in [-0.39, 0.29) is 23.9 Å². The Morgan fingerprint density at radius 3 is 2.37 bits per heavy atom. The van der Waals surface area contributed by atoms with Crippen LogP contribution in [0.5, 0.6) is 0 Å². The van der Waals surface area contributed by atoms with Crippen LogP contribution in [0.2, 0.25) is 0 Å². The fourth-order valence-electron chi connectivity index (χ4n) is 3.38. The molecule has 2 aromatic carbocycles. The second-order valence-corrected chi connectivity index (χ2v) is 7.27. The van der Waals surface area contributed by atoms with Crippen LogP contribution in [0.15, 0.2) is 54.6 Å². The van der Waals surface area contributed by atoms with Crippen molar-refractivity contribution in [1.82, 2.24) is 10.6 Å². The van der Waals surface area contributed by atoms with E-state index >= 15 is 0 Å². The van der Waals surface area contributed by atoms with Crippen LogP contribution in [0.25, 0.3) is 0 Å². The molecule has 1 saturated heterocycles. The normalized spacial score (nSPS) is 15.1.